The molecule has 1 aliphatic rings. The number of ether oxygens (including phenoxy) is 1. The smallest absolute Gasteiger partial charge is 0.261 e. The number of aliphatic hydroxyl groups is 1. The van der Waals surface area contributed by atoms with E-state index < -0.39 is 22.2 Å². The van der Waals surface area contributed by atoms with E-state index in [9.17, 15) is 18.3 Å². The third-order valence-corrected chi connectivity index (χ3v) is 6.07. The number of morpholine rings is 1. The Morgan fingerprint density at radius 2 is 1.79 bits per heavy atom. The fourth-order valence-corrected chi connectivity index (χ4v) is 4.48. The predicted molar refractivity (Wildman–Crippen MR) is 105 cm³/mol. The maximum absolute atomic E-state index is 12.4. The van der Waals surface area contributed by atoms with Crippen molar-refractivity contribution in [2.45, 2.75) is 36.9 Å². The molecule has 2 atom stereocenters. The zero-order valence-corrected chi connectivity index (χ0v) is 16.6. The number of anilines is 1. The Morgan fingerprint density at radius 1 is 1.14 bits per heavy atom. The lowest BCUT2D eigenvalue weighted by Gasteiger charge is -2.42. The maximum Gasteiger partial charge on any atom is 0.261 e. The monoisotopic (exact) mass is 404 g/mol. The molecule has 28 heavy (non-hydrogen) atoms. The Kier molecular flexibility index (Phi) is 6.02. The van der Waals surface area contributed by atoms with Crippen molar-refractivity contribution in [3.8, 4) is 0 Å². The minimum atomic E-state index is -3.67. The van der Waals surface area contributed by atoms with Gasteiger partial charge in [-0.25, -0.2) is 8.42 Å². The van der Waals surface area contributed by atoms with Crippen molar-refractivity contribution in [2.24, 2.45) is 0 Å². The third kappa shape index (κ3) is 4.19. The van der Waals surface area contributed by atoms with Crippen LogP contribution < -0.4 is 4.72 Å². The van der Waals surface area contributed by atoms with Gasteiger partial charge >= 0.3 is 0 Å². The Bertz CT molecular complexity index is 913. The Balaban J connectivity index is 1.79. The second-order valence-corrected chi connectivity index (χ2v) is 8.60. The summed E-state index contributed by atoms with van der Waals surface area (Å²) in [5.41, 5.74) is 1.18. The van der Waals surface area contributed by atoms with Crippen molar-refractivity contribution in [2.75, 3.05) is 17.9 Å². The summed E-state index contributed by atoms with van der Waals surface area (Å²) >= 11 is 0. The average molecular weight is 404 g/mol. The van der Waals surface area contributed by atoms with Crippen molar-refractivity contribution in [1.82, 2.24) is 4.90 Å². The van der Waals surface area contributed by atoms with Crippen LogP contribution in [-0.4, -0.2) is 49.6 Å². The Morgan fingerprint density at radius 3 is 2.36 bits per heavy atom. The number of sulfonamides is 1. The number of nitrogens with zero attached hydrogens (tertiary/aromatic N) is 1. The first-order chi connectivity index (χ1) is 13.3. The highest BCUT2D eigenvalue weighted by molar-refractivity contribution is 7.92. The van der Waals surface area contributed by atoms with E-state index in [1.165, 1.54) is 12.1 Å². The van der Waals surface area contributed by atoms with Crippen LogP contribution in [0.1, 0.15) is 25.5 Å². The summed E-state index contributed by atoms with van der Waals surface area (Å²) in [5, 5.41) is 9.83. The number of carbonyl (C=O) groups is 1. The molecule has 0 radical (unpaired) electrons. The van der Waals surface area contributed by atoms with Crippen molar-refractivity contribution < 1.29 is 23.1 Å². The van der Waals surface area contributed by atoms with Crippen molar-refractivity contribution in [3.63, 3.8) is 0 Å². The number of benzene rings is 2. The van der Waals surface area contributed by atoms with Crippen LogP contribution in [0.3, 0.4) is 0 Å². The second-order valence-electron chi connectivity index (χ2n) is 6.92. The average Bonchev–Trinajstić information content (AvgIpc) is 2.68. The first-order valence-corrected chi connectivity index (χ1v) is 10.5. The van der Waals surface area contributed by atoms with Crippen LogP contribution in [0.2, 0.25) is 0 Å². The van der Waals surface area contributed by atoms with Gasteiger partial charge in [0.25, 0.3) is 10.0 Å². The summed E-state index contributed by atoms with van der Waals surface area (Å²) in [7, 11) is -3.67. The second kappa shape index (κ2) is 8.30. The summed E-state index contributed by atoms with van der Waals surface area (Å²) < 4.78 is 33.1. The lowest BCUT2D eigenvalue weighted by atomic mass is 9.98. The lowest BCUT2D eigenvalue weighted by molar-refractivity contribution is -0.164. The molecule has 8 heteroatoms. The van der Waals surface area contributed by atoms with E-state index in [0.717, 1.165) is 5.56 Å². The predicted octanol–water partition coefficient (Wildman–Crippen LogP) is 2.16. The van der Waals surface area contributed by atoms with Gasteiger partial charge in [0, 0.05) is 11.7 Å². The molecule has 2 unspecified atom stereocenters. The van der Waals surface area contributed by atoms with Crippen molar-refractivity contribution in [3.05, 3.63) is 60.2 Å². The Hall–Kier alpha value is -2.42. The molecule has 3 rings (SSSR count). The van der Waals surface area contributed by atoms with Crippen LogP contribution in [-0.2, 0) is 19.6 Å². The van der Waals surface area contributed by atoms with Crippen molar-refractivity contribution >= 4 is 21.6 Å². The van der Waals surface area contributed by atoms with Gasteiger partial charge in [-0.1, -0.05) is 30.3 Å². The van der Waals surface area contributed by atoms with Gasteiger partial charge in [-0.3, -0.25) is 9.52 Å². The molecule has 1 saturated heterocycles. The highest BCUT2D eigenvalue weighted by Crippen LogP contribution is 2.31. The quantitative estimate of drug-likeness (QED) is 0.769. The molecule has 2 N–H and O–H groups in total. The molecule has 150 valence electrons. The molecule has 1 heterocycles. The summed E-state index contributed by atoms with van der Waals surface area (Å²) in [6.45, 7) is 3.51. The van der Waals surface area contributed by atoms with Gasteiger partial charge in [0.05, 0.1) is 17.5 Å². The molecule has 0 bridgehead atoms. The molecule has 0 spiro atoms. The summed E-state index contributed by atoms with van der Waals surface area (Å²) in [5.74, 6) is -0.155. The zero-order chi connectivity index (χ0) is 20.3. The van der Waals surface area contributed by atoms with E-state index >= 15 is 0 Å². The molecule has 2 aromatic carbocycles. The molecule has 0 aromatic heterocycles. The van der Waals surface area contributed by atoms with Crippen LogP contribution in [0.25, 0.3) is 0 Å². The fourth-order valence-electron chi connectivity index (χ4n) is 3.41. The molecular formula is C20H24N2O5S. The van der Waals surface area contributed by atoms with Crippen LogP contribution >= 0.6 is 0 Å². The molecule has 0 aliphatic carbocycles. The Labute approximate surface area is 165 Å². The SMILES string of the molecule is CC(C)N1C(=O)COC(c2ccc(NS(=O)(=O)c3ccccc3)cc2)C1CO. The largest absolute Gasteiger partial charge is 0.394 e. The van der Waals surface area contributed by atoms with Gasteiger partial charge in [0.2, 0.25) is 5.91 Å². The van der Waals surface area contributed by atoms with Gasteiger partial charge in [-0.05, 0) is 43.7 Å². The van der Waals surface area contributed by atoms with Gasteiger partial charge in [0.15, 0.2) is 0 Å². The summed E-state index contributed by atoms with van der Waals surface area (Å²) in [6.07, 6.45) is -0.482. The summed E-state index contributed by atoms with van der Waals surface area (Å²) in [6, 6.07) is 14.3. The minimum absolute atomic E-state index is 0.0538. The van der Waals surface area contributed by atoms with E-state index in [0.29, 0.717) is 5.69 Å². The van der Waals surface area contributed by atoms with E-state index in [1.54, 1.807) is 47.4 Å². The van der Waals surface area contributed by atoms with Crippen LogP contribution in [0, 0.1) is 0 Å². The van der Waals surface area contributed by atoms with Gasteiger partial charge < -0.3 is 14.7 Å². The van der Waals surface area contributed by atoms with E-state index in [4.69, 9.17) is 4.74 Å². The number of rotatable bonds is 6. The third-order valence-electron chi connectivity index (χ3n) is 4.67. The lowest BCUT2D eigenvalue weighted by Crippen LogP contribution is -2.55. The zero-order valence-electron chi connectivity index (χ0n) is 15.8. The highest BCUT2D eigenvalue weighted by atomic mass is 32.2. The number of hydrogen-bond acceptors (Lipinski definition) is 5. The van der Waals surface area contributed by atoms with E-state index in [-0.39, 0.29) is 30.1 Å². The number of carbonyl (C=O) groups excluding carboxylic acids is 1. The normalized spacial score (nSPS) is 20.4. The van der Waals surface area contributed by atoms with Gasteiger partial charge in [-0.2, -0.15) is 0 Å². The number of nitrogens with one attached hydrogen (secondary N) is 1. The molecule has 1 aliphatic heterocycles. The molecule has 1 amide bonds. The van der Waals surface area contributed by atoms with Crippen molar-refractivity contribution in [1.29, 1.82) is 0 Å². The fraction of sp³-hybridized carbons (Fsp3) is 0.350. The van der Waals surface area contributed by atoms with Gasteiger partial charge in [-0.15, -0.1) is 0 Å². The molecular weight excluding hydrogens is 380 g/mol. The first-order valence-electron chi connectivity index (χ1n) is 9.05. The summed E-state index contributed by atoms with van der Waals surface area (Å²) in [4.78, 5) is 14.0. The number of aliphatic hydroxyl groups excluding tert-OH is 1. The standard InChI is InChI=1S/C20H24N2O5S/c1-14(2)22-18(12-23)20(27-13-19(22)24)15-8-10-16(11-9-15)21-28(25,26)17-6-4-3-5-7-17/h3-11,14,18,20-21,23H,12-13H2,1-2H3. The molecule has 0 saturated carbocycles. The van der Waals surface area contributed by atoms with E-state index in [1.807, 2.05) is 13.8 Å². The van der Waals surface area contributed by atoms with Gasteiger partial charge in [0.1, 0.15) is 12.7 Å². The number of hydrogen-bond donors (Lipinski definition) is 2. The van der Waals surface area contributed by atoms with Crippen LogP contribution in [0.4, 0.5) is 5.69 Å². The highest BCUT2D eigenvalue weighted by Gasteiger charge is 2.38. The number of amides is 1. The van der Waals surface area contributed by atoms with E-state index in [2.05, 4.69) is 4.72 Å². The molecule has 1 fully saturated rings. The van der Waals surface area contributed by atoms with Crippen LogP contribution in [0.15, 0.2) is 59.5 Å². The van der Waals surface area contributed by atoms with Crippen LogP contribution in [0.5, 0.6) is 0 Å². The minimum Gasteiger partial charge on any atom is -0.394 e. The topological polar surface area (TPSA) is 95.9 Å². The molecule has 7 nitrogen and oxygen atoms in total. The molecule has 2 aromatic rings. The first kappa shape index (κ1) is 20.3. The maximum atomic E-state index is 12.4.